The Bertz CT molecular complexity index is 364. The molecule has 0 fully saturated rings. The Hall–Kier alpha value is -1.50. The number of carboxylic acids is 1. The maximum Gasteiger partial charge on any atom is 0.305 e. The second kappa shape index (κ2) is 5.55. The van der Waals surface area contributed by atoms with E-state index in [0.717, 1.165) is 11.7 Å². The van der Waals surface area contributed by atoms with Gasteiger partial charge in [0, 0.05) is 6.04 Å². The van der Waals surface area contributed by atoms with Gasteiger partial charge in [-0.15, -0.1) is 0 Å². The van der Waals surface area contributed by atoms with Crippen molar-refractivity contribution in [2.24, 2.45) is 5.92 Å². The highest BCUT2D eigenvalue weighted by Crippen LogP contribution is 2.07. The van der Waals surface area contributed by atoms with E-state index in [4.69, 9.17) is 5.11 Å². The lowest BCUT2D eigenvalue weighted by molar-refractivity contribution is -0.137. The summed E-state index contributed by atoms with van der Waals surface area (Å²) in [5, 5.41) is 11.3. The maximum absolute atomic E-state index is 11.6. The lowest BCUT2D eigenvalue weighted by atomic mass is 10.0. The summed E-state index contributed by atoms with van der Waals surface area (Å²) in [6, 6.07) is -0.397. The molecule has 0 radical (unpaired) electrons. The van der Waals surface area contributed by atoms with Crippen LogP contribution in [0.2, 0.25) is 0 Å². The fraction of sp³-hybridized carbons (Fsp3) is 0.556. The van der Waals surface area contributed by atoms with Gasteiger partial charge in [-0.3, -0.25) is 9.59 Å². The molecule has 0 spiro atoms. The second-order valence-electron chi connectivity index (χ2n) is 3.71. The molecule has 1 heterocycles. The van der Waals surface area contributed by atoms with Crippen molar-refractivity contribution in [1.82, 2.24) is 14.1 Å². The molecule has 2 N–H and O–H groups in total. The Labute approximate surface area is 97.0 Å². The quantitative estimate of drug-likeness (QED) is 0.796. The van der Waals surface area contributed by atoms with Crippen LogP contribution in [0.25, 0.3) is 0 Å². The first-order chi connectivity index (χ1) is 7.50. The van der Waals surface area contributed by atoms with Gasteiger partial charge >= 0.3 is 5.97 Å². The Morgan fingerprint density at radius 2 is 2.25 bits per heavy atom. The number of carbonyl (C=O) groups is 2. The van der Waals surface area contributed by atoms with Crippen LogP contribution in [0.1, 0.15) is 30.8 Å². The van der Waals surface area contributed by atoms with E-state index in [1.807, 2.05) is 13.8 Å². The van der Waals surface area contributed by atoms with Gasteiger partial charge in [0.25, 0.3) is 5.91 Å². The number of carboxylic acid groups (broad SMARTS) is 1. The van der Waals surface area contributed by atoms with Crippen molar-refractivity contribution in [3.63, 3.8) is 0 Å². The molecule has 1 aromatic heterocycles. The molecule has 0 saturated carbocycles. The summed E-state index contributed by atoms with van der Waals surface area (Å²) < 4.78 is 7.49. The van der Waals surface area contributed by atoms with Gasteiger partial charge in [0.05, 0.1) is 24.3 Å². The van der Waals surface area contributed by atoms with Gasteiger partial charge in [-0.25, -0.2) is 0 Å². The maximum atomic E-state index is 11.6. The number of amides is 1. The zero-order valence-corrected chi connectivity index (χ0v) is 9.82. The number of hydrogen-bond acceptors (Lipinski definition) is 5. The molecule has 6 nitrogen and oxygen atoms in total. The normalized spacial score (nSPS) is 12.4. The van der Waals surface area contributed by atoms with Crippen LogP contribution in [-0.4, -0.2) is 31.8 Å². The van der Waals surface area contributed by atoms with Gasteiger partial charge in [-0.2, -0.15) is 8.75 Å². The molecule has 1 aromatic rings. The average Bonchev–Trinajstić information content (AvgIpc) is 2.68. The monoisotopic (exact) mass is 243 g/mol. The minimum atomic E-state index is -0.935. The van der Waals surface area contributed by atoms with Crippen molar-refractivity contribution in [3.05, 3.63) is 11.9 Å². The Kier molecular flexibility index (Phi) is 4.36. The Morgan fingerprint density at radius 3 is 2.69 bits per heavy atom. The number of carbonyl (C=O) groups excluding carboxylic acids is 1. The van der Waals surface area contributed by atoms with Crippen molar-refractivity contribution in [2.75, 3.05) is 0 Å². The first-order valence-electron chi connectivity index (χ1n) is 4.81. The largest absolute Gasteiger partial charge is 0.481 e. The van der Waals surface area contributed by atoms with Crippen molar-refractivity contribution in [2.45, 2.75) is 26.3 Å². The fourth-order valence-corrected chi connectivity index (χ4v) is 1.56. The van der Waals surface area contributed by atoms with E-state index >= 15 is 0 Å². The van der Waals surface area contributed by atoms with Crippen LogP contribution in [-0.2, 0) is 4.79 Å². The summed E-state index contributed by atoms with van der Waals surface area (Å²) in [4.78, 5) is 22.2. The lowest BCUT2D eigenvalue weighted by Crippen LogP contribution is -2.40. The van der Waals surface area contributed by atoms with Gasteiger partial charge in [0.1, 0.15) is 0 Å². The molecular formula is C9H13N3O3S. The molecule has 0 saturated heterocycles. The van der Waals surface area contributed by atoms with Crippen molar-refractivity contribution < 1.29 is 14.7 Å². The summed E-state index contributed by atoms with van der Waals surface area (Å²) in [6.07, 6.45) is 1.26. The van der Waals surface area contributed by atoms with Crippen molar-refractivity contribution in [1.29, 1.82) is 0 Å². The second-order valence-corrected chi connectivity index (χ2v) is 4.27. The highest BCUT2D eigenvalue weighted by atomic mass is 32.1. The predicted molar refractivity (Wildman–Crippen MR) is 58.3 cm³/mol. The molecule has 7 heteroatoms. The number of nitrogens with one attached hydrogen (secondary N) is 1. The molecule has 0 bridgehead atoms. The van der Waals surface area contributed by atoms with Crippen LogP contribution >= 0.6 is 11.7 Å². The van der Waals surface area contributed by atoms with Gasteiger partial charge < -0.3 is 10.4 Å². The number of aromatic nitrogens is 2. The smallest absolute Gasteiger partial charge is 0.305 e. The van der Waals surface area contributed by atoms with Gasteiger partial charge in [-0.05, 0) is 5.92 Å². The zero-order chi connectivity index (χ0) is 12.1. The number of hydrogen-bond donors (Lipinski definition) is 2. The minimum Gasteiger partial charge on any atom is -0.481 e. The minimum absolute atomic E-state index is 0.0478. The third kappa shape index (κ3) is 3.58. The van der Waals surface area contributed by atoms with Crippen molar-refractivity contribution in [3.8, 4) is 0 Å². The summed E-state index contributed by atoms with van der Waals surface area (Å²) in [7, 11) is 0. The SMILES string of the molecule is CC(C)C(CC(=O)O)NC(=O)c1cnsn1. The van der Waals surface area contributed by atoms with E-state index in [9.17, 15) is 9.59 Å². The van der Waals surface area contributed by atoms with Crippen LogP contribution in [0.15, 0.2) is 6.20 Å². The van der Waals surface area contributed by atoms with Crippen LogP contribution < -0.4 is 5.32 Å². The molecular weight excluding hydrogens is 230 g/mol. The Balaban J connectivity index is 2.61. The average molecular weight is 243 g/mol. The molecule has 0 aromatic carbocycles. The predicted octanol–water partition coefficient (Wildman–Crippen LogP) is 0.767. The fourth-order valence-electron chi connectivity index (χ4n) is 1.15. The van der Waals surface area contributed by atoms with E-state index in [-0.39, 0.29) is 23.9 Å². The number of rotatable bonds is 5. The van der Waals surface area contributed by atoms with E-state index in [1.54, 1.807) is 0 Å². The van der Waals surface area contributed by atoms with Gasteiger partial charge in [0.2, 0.25) is 0 Å². The Morgan fingerprint density at radius 1 is 1.56 bits per heavy atom. The van der Waals surface area contributed by atoms with Crippen LogP contribution in [0.5, 0.6) is 0 Å². The highest BCUT2D eigenvalue weighted by Gasteiger charge is 2.20. The molecule has 1 atom stereocenters. The molecule has 0 aliphatic rings. The summed E-state index contributed by atoms with van der Waals surface area (Å²) in [6.45, 7) is 3.71. The molecule has 16 heavy (non-hydrogen) atoms. The van der Waals surface area contributed by atoms with Crippen LogP contribution in [0.4, 0.5) is 0 Å². The number of nitrogens with zero attached hydrogens (tertiary/aromatic N) is 2. The van der Waals surface area contributed by atoms with E-state index in [2.05, 4.69) is 14.1 Å². The molecule has 1 amide bonds. The van der Waals surface area contributed by atoms with E-state index < -0.39 is 12.0 Å². The third-order valence-corrected chi connectivity index (χ3v) is 2.59. The zero-order valence-electron chi connectivity index (χ0n) is 9.01. The van der Waals surface area contributed by atoms with Crippen LogP contribution in [0, 0.1) is 5.92 Å². The molecule has 0 aliphatic heterocycles. The summed E-state index contributed by atoms with van der Waals surface area (Å²) >= 11 is 0.940. The molecule has 0 aliphatic carbocycles. The molecule has 88 valence electrons. The number of aliphatic carboxylic acids is 1. The standard InChI is InChI=1S/C9H13N3O3S/c1-5(2)6(3-8(13)14)11-9(15)7-4-10-16-12-7/h4-6H,3H2,1-2H3,(H,11,15)(H,13,14). The lowest BCUT2D eigenvalue weighted by Gasteiger charge is -2.19. The summed E-state index contributed by atoms with van der Waals surface area (Å²) in [5.41, 5.74) is 0.223. The molecule has 1 rings (SSSR count). The topological polar surface area (TPSA) is 92.2 Å². The third-order valence-electron chi connectivity index (χ3n) is 2.11. The van der Waals surface area contributed by atoms with Crippen LogP contribution in [0.3, 0.4) is 0 Å². The highest BCUT2D eigenvalue weighted by molar-refractivity contribution is 6.99. The van der Waals surface area contributed by atoms with Crippen molar-refractivity contribution >= 4 is 23.6 Å². The molecule has 1 unspecified atom stereocenters. The van der Waals surface area contributed by atoms with Gasteiger partial charge in [0.15, 0.2) is 5.69 Å². The van der Waals surface area contributed by atoms with Gasteiger partial charge in [-0.1, -0.05) is 13.8 Å². The first-order valence-corrected chi connectivity index (χ1v) is 5.54. The summed E-state index contributed by atoms with van der Waals surface area (Å²) in [5.74, 6) is -1.27. The van der Waals surface area contributed by atoms with E-state index in [0.29, 0.717) is 0 Å². The van der Waals surface area contributed by atoms with E-state index in [1.165, 1.54) is 6.20 Å². The first kappa shape index (κ1) is 12.6.